The second-order valence-electron chi connectivity index (χ2n) is 3.41. The zero-order valence-electron chi connectivity index (χ0n) is 7.69. The number of carbonyl (C=O) groups excluding carboxylic acids is 2. The third-order valence-corrected chi connectivity index (χ3v) is 2.48. The van der Waals surface area contributed by atoms with Gasteiger partial charge in [-0.25, -0.2) is 0 Å². The molecule has 0 unspecified atom stereocenters. The minimum Gasteiger partial charge on any atom is -0.298 e. The highest BCUT2D eigenvalue weighted by atomic mass is 16.1. The van der Waals surface area contributed by atoms with Crippen molar-refractivity contribution in [3.05, 3.63) is 40.5 Å². The van der Waals surface area contributed by atoms with Gasteiger partial charge in [0.15, 0.2) is 0 Å². The predicted molar refractivity (Wildman–Crippen MR) is 54.2 cm³/mol. The minimum atomic E-state index is 0.659. The highest BCUT2D eigenvalue weighted by Crippen LogP contribution is 2.23. The van der Waals surface area contributed by atoms with Gasteiger partial charge < -0.3 is 0 Å². The molecular weight excluding hydrogens is 176 g/mol. The lowest BCUT2D eigenvalue weighted by Crippen LogP contribution is -2.00. The summed E-state index contributed by atoms with van der Waals surface area (Å²) in [5.74, 6) is 0. The van der Waals surface area contributed by atoms with E-state index in [1.54, 1.807) is 0 Å². The Hall–Kier alpha value is -1.70. The molecule has 0 atom stereocenters. The summed E-state index contributed by atoms with van der Waals surface area (Å²) in [5, 5.41) is 0. The average Bonchev–Trinajstić information content (AvgIpc) is 2.27. The molecule has 1 aromatic rings. The van der Waals surface area contributed by atoms with Crippen LogP contribution in [-0.4, -0.2) is 12.6 Å². The van der Waals surface area contributed by atoms with Crippen LogP contribution < -0.4 is 0 Å². The summed E-state index contributed by atoms with van der Waals surface area (Å²) in [6.45, 7) is 0. The maximum Gasteiger partial charge on any atom is 0.150 e. The molecule has 2 nitrogen and oxygen atoms in total. The topological polar surface area (TPSA) is 34.1 Å². The van der Waals surface area contributed by atoms with Crippen molar-refractivity contribution in [1.82, 2.24) is 0 Å². The summed E-state index contributed by atoms with van der Waals surface area (Å²) in [6.07, 6.45) is 5.26. The second kappa shape index (κ2) is 3.58. The highest BCUT2D eigenvalue weighted by molar-refractivity contribution is 5.85. The fraction of sp³-hybridized carbons (Fsp3) is 0.167. The zero-order valence-corrected chi connectivity index (χ0v) is 7.69. The number of benzene rings is 1. The number of allylic oxidation sites excluding steroid dienone is 1. The summed E-state index contributed by atoms with van der Waals surface area (Å²) >= 11 is 0. The van der Waals surface area contributed by atoms with Crippen molar-refractivity contribution in [2.75, 3.05) is 0 Å². The van der Waals surface area contributed by atoms with Gasteiger partial charge in [0.1, 0.15) is 12.6 Å². The van der Waals surface area contributed by atoms with E-state index >= 15 is 0 Å². The van der Waals surface area contributed by atoms with Gasteiger partial charge in [-0.1, -0.05) is 12.1 Å². The van der Waals surface area contributed by atoms with Crippen LogP contribution in [0.1, 0.15) is 27.9 Å². The van der Waals surface area contributed by atoms with Crippen LogP contribution in [-0.2, 0) is 11.2 Å². The standard InChI is InChI=1S/C12H10O2/c13-7-9-1-3-11-4-2-10(8-14)6-12(11)5-9/h1,3,5-8H,2,4H2. The molecule has 0 amide bonds. The fourth-order valence-corrected chi connectivity index (χ4v) is 1.69. The lowest BCUT2D eigenvalue weighted by molar-refractivity contribution is -0.105. The smallest absolute Gasteiger partial charge is 0.150 e. The van der Waals surface area contributed by atoms with E-state index in [0.29, 0.717) is 5.56 Å². The second-order valence-corrected chi connectivity index (χ2v) is 3.41. The van der Waals surface area contributed by atoms with Crippen molar-refractivity contribution in [3.8, 4) is 0 Å². The van der Waals surface area contributed by atoms with Crippen molar-refractivity contribution < 1.29 is 9.59 Å². The molecule has 0 aromatic heterocycles. The molecular formula is C12H10O2. The molecule has 0 fully saturated rings. The molecule has 14 heavy (non-hydrogen) atoms. The molecule has 1 aromatic carbocycles. The molecule has 0 saturated carbocycles. The highest BCUT2D eigenvalue weighted by Gasteiger charge is 2.09. The van der Waals surface area contributed by atoms with E-state index in [1.165, 1.54) is 5.56 Å². The van der Waals surface area contributed by atoms with Crippen molar-refractivity contribution in [2.45, 2.75) is 12.8 Å². The van der Waals surface area contributed by atoms with Gasteiger partial charge in [0.2, 0.25) is 0 Å². The van der Waals surface area contributed by atoms with Crippen LogP contribution in [0.5, 0.6) is 0 Å². The predicted octanol–water partition coefficient (Wildman–Crippen LogP) is 2.03. The van der Waals surface area contributed by atoms with Crippen LogP contribution in [0.3, 0.4) is 0 Å². The first kappa shape index (κ1) is 8.88. The summed E-state index contributed by atoms with van der Waals surface area (Å²) in [4.78, 5) is 21.1. The van der Waals surface area contributed by atoms with E-state index in [4.69, 9.17) is 0 Å². The Bertz CT molecular complexity index is 416. The normalized spacial score (nSPS) is 14.1. The van der Waals surface area contributed by atoms with Crippen molar-refractivity contribution in [2.24, 2.45) is 0 Å². The molecule has 0 aliphatic heterocycles. The van der Waals surface area contributed by atoms with Crippen LogP contribution in [0, 0.1) is 0 Å². The number of fused-ring (bicyclic) bond motifs is 1. The van der Waals surface area contributed by atoms with Crippen molar-refractivity contribution in [1.29, 1.82) is 0 Å². The lowest BCUT2D eigenvalue weighted by Gasteiger charge is -2.12. The summed E-state index contributed by atoms with van der Waals surface area (Å²) in [5.41, 5.74) is 3.68. The van der Waals surface area contributed by atoms with Crippen LogP contribution in [0.25, 0.3) is 6.08 Å². The molecule has 0 radical (unpaired) electrons. The Morgan fingerprint density at radius 1 is 1.07 bits per heavy atom. The van der Waals surface area contributed by atoms with Gasteiger partial charge in [-0.05, 0) is 41.7 Å². The molecule has 0 spiro atoms. The fourth-order valence-electron chi connectivity index (χ4n) is 1.69. The number of hydrogen-bond acceptors (Lipinski definition) is 2. The van der Waals surface area contributed by atoms with E-state index in [0.717, 1.165) is 36.6 Å². The molecule has 2 rings (SSSR count). The van der Waals surface area contributed by atoms with Gasteiger partial charge in [-0.15, -0.1) is 0 Å². The molecule has 0 N–H and O–H groups in total. The SMILES string of the molecule is O=CC1=Cc2cc(C=O)ccc2CC1. The van der Waals surface area contributed by atoms with Crippen LogP contribution >= 0.6 is 0 Å². The molecule has 70 valence electrons. The first-order chi connectivity index (χ1) is 6.83. The Morgan fingerprint density at radius 3 is 2.64 bits per heavy atom. The number of hydrogen-bond donors (Lipinski definition) is 0. The van der Waals surface area contributed by atoms with Gasteiger partial charge in [0, 0.05) is 5.56 Å². The van der Waals surface area contributed by atoms with E-state index in [1.807, 2.05) is 24.3 Å². The van der Waals surface area contributed by atoms with E-state index in [-0.39, 0.29) is 0 Å². The number of rotatable bonds is 2. The molecule has 1 aliphatic carbocycles. The van der Waals surface area contributed by atoms with Gasteiger partial charge in [-0.2, -0.15) is 0 Å². The Labute approximate surface area is 82.2 Å². The number of carbonyl (C=O) groups is 2. The summed E-state index contributed by atoms with van der Waals surface area (Å²) in [7, 11) is 0. The van der Waals surface area contributed by atoms with Crippen LogP contribution in [0.2, 0.25) is 0 Å². The minimum absolute atomic E-state index is 0.659. The number of aldehydes is 2. The monoisotopic (exact) mass is 186 g/mol. The van der Waals surface area contributed by atoms with Gasteiger partial charge in [0.25, 0.3) is 0 Å². The molecule has 0 saturated heterocycles. The summed E-state index contributed by atoms with van der Waals surface area (Å²) < 4.78 is 0. The van der Waals surface area contributed by atoms with Gasteiger partial charge in [-0.3, -0.25) is 9.59 Å². The van der Waals surface area contributed by atoms with E-state index < -0.39 is 0 Å². The summed E-state index contributed by atoms with van der Waals surface area (Å²) in [6, 6.07) is 5.59. The van der Waals surface area contributed by atoms with Gasteiger partial charge >= 0.3 is 0 Å². The Morgan fingerprint density at radius 2 is 1.93 bits per heavy atom. The Balaban J connectivity index is 2.49. The quantitative estimate of drug-likeness (QED) is 0.662. The van der Waals surface area contributed by atoms with E-state index in [9.17, 15) is 9.59 Å². The first-order valence-electron chi connectivity index (χ1n) is 4.57. The molecule has 2 heteroatoms. The molecule has 1 aliphatic rings. The average molecular weight is 186 g/mol. The first-order valence-corrected chi connectivity index (χ1v) is 4.57. The van der Waals surface area contributed by atoms with E-state index in [2.05, 4.69) is 0 Å². The maximum atomic E-state index is 10.6. The largest absolute Gasteiger partial charge is 0.298 e. The van der Waals surface area contributed by atoms with Crippen molar-refractivity contribution >= 4 is 18.6 Å². The third-order valence-electron chi connectivity index (χ3n) is 2.48. The third kappa shape index (κ3) is 1.51. The number of aryl methyl sites for hydroxylation is 1. The molecule has 0 bridgehead atoms. The van der Waals surface area contributed by atoms with Gasteiger partial charge in [0.05, 0.1) is 0 Å². The van der Waals surface area contributed by atoms with Crippen LogP contribution in [0.4, 0.5) is 0 Å². The Kier molecular flexibility index (Phi) is 2.27. The van der Waals surface area contributed by atoms with Crippen molar-refractivity contribution in [3.63, 3.8) is 0 Å². The lowest BCUT2D eigenvalue weighted by atomic mass is 9.92. The zero-order chi connectivity index (χ0) is 9.97. The molecule has 0 heterocycles. The van der Waals surface area contributed by atoms with Crippen LogP contribution in [0.15, 0.2) is 23.8 Å². The maximum absolute atomic E-state index is 10.6.